The van der Waals surface area contributed by atoms with Crippen molar-refractivity contribution in [1.82, 2.24) is 14.7 Å². The third-order valence-electron chi connectivity index (χ3n) is 4.83. The zero-order chi connectivity index (χ0) is 22.4. The fourth-order valence-corrected chi connectivity index (χ4v) is 3.20. The summed E-state index contributed by atoms with van der Waals surface area (Å²) in [5.74, 6) is -1.81. The molecule has 1 saturated heterocycles. The first-order chi connectivity index (χ1) is 14.4. The summed E-state index contributed by atoms with van der Waals surface area (Å²) in [6.07, 6.45) is 0.994. The maximum atomic E-state index is 12.1. The predicted molar refractivity (Wildman–Crippen MR) is 108 cm³/mol. The van der Waals surface area contributed by atoms with Crippen molar-refractivity contribution >= 4 is 18.4 Å². The van der Waals surface area contributed by atoms with Crippen molar-refractivity contribution in [2.45, 2.75) is 19.9 Å². The Hall–Kier alpha value is -2.56. The molecule has 1 aromatic rings. The Labute approximate surface area is 175 Å². The molecule has 0 bridgehead atoms. The topological polar surface area (TPSA) is 111 Å². The van der Waals surface area contributed by atoms with Gasteiger partial charge in [0.1, 0.15) is 6.54 Å². The fourth-order valence-electron chi connectivity index (χ4n) is 3.20. The summed E-state index contributed by atoms with van der Waals surface area (Å²) in [4.78, 5) is 39.9. The minimum atomic E-state index is -0.930. The molecular formula is C20H30FN3O6. The summed E-state index contributed by atoms with van der Waals surface area (Å²) in [5, 5.41) is 16.0. The molecule has 0 saturated carbocycles. The zero-order valence-corrected chi connectivity index (χ0v) is 17.2. The van der Waals surface area contributed by atoms with E-state index in [2.05, 4.69) is 41.0 Å². The van der Waals surface area contributed by atoms with E-state index in [9.17, 15) is 14.1 Å². The number of hydrogen-bond acceptors (Lipinski definition) is 7. The number of carboxylic acid groups (broad SMARTS) is 2. The minimum Gasteiger partial charge on any atom is -0.483 e. The highest BCUT2D eigenvalue weighted by molar-refractivity contribution is 5.71. The average molecular weight is 427 g/mol. The zero-order valence-electron chi connectivity index (χ0n) is 17.2. The summed E-state index contributed by atoms with van der Waals surface area (Å²) < 4.78 is 12.1. The van der Waals surface area contributed by atoms with Crippen molar-refractivity contribution in [2.24, 2.45) is 0 Å². The quantitative estimate of drug-likeness (QED) is 0.613. The minimum absolute atomic E-state index is 0.0551. The second-order valence-corrected chi connectivity index (χ2v) is 6.95. The van der Waals surface area contributed by atoms with Crippen LogP contribution >= 0.6 is 0 Å². The standard InChI is InChI=1S/C19H28FN3O4.CH2O2/c1-2-16-3-5-17(6-4-16)13-21-7-9-22(14-18(24)25)10-12-23(11-8-21)15-19(26)27-20;2-1-3/h3-6H,2,7-15H2,1H3,(H,24,25);1H,(H,2,3). The third-order valence-corrected chi connectivity index (χ3v) is 4.83. The molecule has 0 aromatic heterocycles. The monoisotopic (exact) mass is 427 g/mol. The molecule has 1 aliphatic heterocycles. The van der Waals surface area contributed by atoms with Gasteiger partial charge in [-0.1, -0.05) is 31.2 Å². The number of rotatable bonds is 7. The van der Waals surface area contributed by atoms with E-state index in [0.717, 1.165) is 19.5 Å². The Morgan fingerprint density at radius 3 is 1.83 bits per heavy atom. The van der Waals surface area contributed by atoms with Gasteiger partial charge >= 0.3 is 11.9 Å². The van der Waals surface area contributed by atoms with Crippen LogP contribution in [0.5, 0.6) is 0 Å². The van der Waals surface area contributed by atoms with Gasteiger partial charge in [0.05, 0.1) is 6.54 Å². The Balaban J connectivity index is 0.00000141. The van der Waals surface area contributed by atoms with E-state index in [1.165, 1.54) is 11.1 Å². The van der Waals surface area contributed by atoms with Crippen LogP contribution < -0.4 is 0 Å². The van der Waals surface area contributed by atoms with E-state index >= 15 is 0 Å². The molecule has 1 heterocycles. The van der Waals surface area contributed by atoms with E-state index < -0.39 is 11.9 Å². The largest absolute Gasteiger partial charge is 0.483 e. The Morgan fingerprint density at radius 1 is 0.967 bits per heavy atom. The van der Waals surface area contributed by atoms with E-state index in [4.69, 9.17) is 15.0 Å². The van der Waals surface area contributed by atoms with Crippen molar-refractivity contribution in [3.05, 3.63) is 35.4 Å². The molecule has 1 aliphatic rings. The normalized spacial score (nSPS) is 16.3. The second kappa shape index (κ2) is 14.4. The molecule has 0 radical (unpaired) electrons. The number of aliphatic carboxylic acids is 1. The van der Waals surface area contributed by atoms with Crippen LogP contribution in [0.15, 0.2) is 24.3 Å². The van der Waals surface area contributed by atoms with Crippen molar-refractivity contribution in [3.8, 4) is 0 Å². The SMILES string of the molecule is CCc1ccc(CN2CCN(CC(=O)O)CCN(CC(=O)OF)CC2)cc1.O=CO. The molecule has 0 amide bonds. The van der Waals surface area contributed by atoms with Crippen molar-refractivity contribution < 1.29 is 34.1 Å². The molecule has 0 atom stereocenters. The molecule has 2 rings (SSSR count). The number of aryl methyl sites for hydroxylation is 1. The van der Waals surface area contributed by atoms with Gasteiger partial charge in [0.2, 0.25) is 0 Å². The lowest BCUT2D eigenvalue weighted by Gasteiger charge is -2.25. The first-order valence-corrected chi connectivity index (χ1v) is 9.77. The van der Waals surface area contributed by atoms with Crippen molar-refractivity contribution in [3.63, 3.8) is 0 Å². The highest BCUT2D eigenvalue weighted by atomic mass is 19.3. The maximum absolute atomic E-state index is 12.1. The van der Waals surface area contributed by atoms with Crippen LogP contribution in [0.25, 0.3) is 0 Å². The summed E-state index contributed by atoms with van der Waals surface area (Å²) in [6, 6.07) is 8.45. The molecule has 1 aromatic carbocycles. The second-order valence-electron chi connectivity index (χ2n) is 6.95. The smallest absolute Gasteiger partial charge is 0.362 e. The van der Waals surface area contributed by atoms with Gasteiger partial charge in [0.25, 0.3) is 6.47 Å². The summed E-state index contributed by atoms with van der Waals surface area (Å²) >= 11 is 0. The predicted octanol–water partition coefficient (Wildman–Crippen LogP) is 0.882. The van der Waals surface area contributed by atoms with Crippen molar-refractivity contribution in [1.29, 1.82) is 0 Å². The van der Waals surface area contributed by atoms with Crippen LogP contribution in [0.4, 0.5) is 4.53 Å². The first kappa shape index (κ1) is 25.5. The Kier molecular flexibility index (Phi) is 12.3. The Bertz CT molecular complexity index is 658. The van der Waals surface area contributed by atoms with E-state index in [-0.39, 0.29) is 19.6 Å². The van der Waals surface area contributed by atoms with Crippen LogP contribution in [-0.2, 0) is 32.3 Å². The van der Waals surface area contributed by atoms with E-state index in [1.54, 1.807) is 4.90 Å². The van der Waals surface area contributed by atoms with Crippen molar-refractivity contribution in [2.75, 3.05) is 52.4 Å². The molecule has 9 nitrogen and oxygen atoms in total. The number of hydrogen-bond donors (Lipinski definition) is 2. The van der Waals surface area contributed by atoms with Crippen LogP contribution in [0.3, 0.4) is 0 Å². The van der Waals surface area contributed by atoms with Crippen LogP contribution in [0.2, 0.25) is 0 Å². The number of carbonyl (C=O) groups excluding carboxylic acids is 1. The lowest BCUT2D eigenvalue weighted by Crippen LogP contribution is -2.40. The van der Waals surface area contributed by atoms with Gasteiger partial charge in [-0.05, 0) is 17.5 Å². The van der Waals surface area contributed by atoms with Gasteiger partial charge in [-0.2, -0.15) is 0 Å². The fraction of sp³-hybridized carbons (Fsp3) is 0.550. The molecule has 30 heavy (non-hydrogen) atoms. The molecule has 168 valence electrons. The highest BCUT2D eigenvalue weighted by Crippen LogP contribution is 2.10. The number of benzene rings is 1. The van der Waals surface area contributed by atoms with Gasteiger partial charge in [-0.25, -0.2) is 4.79 Å². The molecular weight excluding hydrogens is 397 g/mol. The van der Waals surface area contributed by atoms with Gasteiger partial charge in [0, 0.05) is 50.3 Å². The molecule has 0 spiro atoms. The average Bonchev–Trinajstić information content (AvgIpc) is 2.81. The highest BCUT2D eigenvalue weighted by Gasteiger charge is 2.20. The number of nitrogens with zero attached hydrogens (tertiary/aromatic N) is 3. The van der Waals surface area contributed by atoms with Crippen LogP contribution in [0, 0.1) is 0 Å². The molecule has 2 N–H and O–H groups in total. The van der Waals surface area contributed by atoms with E-state index in [1.807, 2.05) is 4.90 Å². The van der Waals surface area contributed by atoms with Gasteiger partial charge < -0.3 is 10.2 Å². The van der Waals surface area contributed by atoms with Crippen LogP contribution in [-0.4, -0.2) is 95.7 Å². The number of carboxylic acids is 1. The number of halogens is 1. The maximum Gasteiger partial charge on any atom is 0.362 e. The molecule has 0 aliphatic carbocycles. The molecule has 10 heteroatoms. The van der Waals surface area contributed by atoms with Gasteiger partial charge in [-0.15, -0.1) is 0 Å². The number of carbonyl (C=O) groups is 3. The lowest BCUT2D eigenvalue weighted by atomic mass is 10.1. The molecule has 1 fully saturated rings. The summed E-state index contributed by atoms with van der Waals surface area (Å²) in [5.41, 5.74) is 2.47. The van der Waals surface area contributed by atoms with Gasteiger partial charge in [-0.3, -0.25) is 29.2 Å². The van der Waals surface area contributed by atoms with Crippen LogP contribution in [0.1, 0.15) is 18.1 Å². The Morgan fingerprint density at radius 2 is 1.40 bits per heavy atom. The van der Waals surface area contributed by atoms with Gasteiger partial charge in [0.15, 0.2) is 0 Å². The third kappa shape index (κ3) is 10.3. The lowest BCUT2D eigenvalue weighted by molar-refractivity contribution is -0.184. The molecule has 0 unspecified atom stereocenters. The first-order valence-electron chi connectivity index (χ1n) is 9.77. The summed E-state index contributed by atoms with van der Waals surface area (Å²) in [7, 11) is 0. The van der Waals surface area contributed by atoms with E-state index in [0.29, 0.717) is 32.7 Å². The summed E-state index contributed by atoms with van der Waals surface area (Å²) in [6.45, 7) is 6.05.